The molecule has 35 heavy (non-hydrogen) atoms. The van der Waals surface area contributed by atoms with Crippen LogP contribution in [0.2, 0.25) is 0 Å². The molecule has 0 atom stereocenters. The Bertz CT molecular complexity index is 1310. The molecule has 9 nitrogen and oxygen atoms in total. The lowest BCUT2D eigenvalue weighted by Gasteiger charge is -2.44. The summed E-state index contributed by atoms with van der Waals surface area (Å²) in [5, 5.41) is 5.45. The highest BCUT2D eigenvalue weighted by Crippen LogP contribution is 2.38. The van der Waals surface area contributed by atoms with Gasteiger partial charge in [-0.15, -0.1) is 0 Å². The van der Waals surface area contributed by atoms with E-state index in [1.54, 1.807) is 18.5 Å². The third-order valence-electron chi connectivity index (χ3n) is 6.23. The van der Waals surface area contributed by atoms with Crippen molar-refractivity contribution in [1.29, 1.82) is 0 Å². The summed E-state index contributed by atoms with van der Waals surface area (Å²) in [7, 11) is 0. The van der Waals surface area contributed by atoms with Crippen LogP contribution in [0.1, 0.15) is 24.6 Å². The van der Waals surface area contributed by atoms with Crippen molar-refractivity contribution in [2.24, 2.45) is 5.41 Å². The second kappa shape index (κ2) is 9.29. The summed E-state index contributed by atoms with van der Waals surface area (Å²) in [6.45, 7) is 6.14. The minimum Gasteiger partial charge on any atom is -0.380 e. The Morgan fingerprint density at radius 3 is 2.71 bits per heavy atom. The lowest BCUT2D eigenvalue weighted by Crippen LogP contribution is -2.49. The van der Waals surface area contributed by atoms with Gasteiger partial charge in [-0.2, -0.15) is 0 Å². The number of aryl methyl sites for hydroxylation is 2. The van der Waals surface area contributed by atoms with E-state index in [0.717, 1.165) is 35.5 Å². The molecule has 9 heteroatoms. The minimum atomic E-state index is -0.426. The molecular weight excluding hydrogens is 444 g/mol. The van der Waals surface area contributed by atoms with Crippen LogP contribution >= 0.6 is 0 Å². The molecule has 0 spiro atoms. The van der Waals surface area contributed by atoms with Gasteiger partial charge < -0.3 is 15.0 Å². The maximum absolute atomic E-state index is 12.4. The van der Waals surface area contributed by atoms with Crippen molar-refractivity contribution in [2.75, 3.05) is 35.3 Å². The summed E-state index contributed by atoms with van der Waals surface area (Å²) >= 11 is 0. The van der Waals surface area contributed by atoms with E-state index in [9.17, 15) is 9.59 Å². The quantitative estimate of drug-likeness (QED) is 0.543. The molecule has 0 unspecified atom stereocenters. The van der Waals surface area contributed by atoms with E-state index < -0.39 is 6.03 Å². The second-order valence-corrected chi connectivity index (χ2v) is 9.34. The monoisotopic (exact) mass is 470 g/mol. The average Bonchev–Trinajstić information content (AvgIpc) is 2.84. The Balaban J connectivity index is 1.34. The standard InChI is InChI=1S/C26H26N6O3/c1-17-3-6-20(10-28-17)29-25(34)31-24-12-27-11-22(30-24)18-5-8-23-19(9-18)4-7-21(13-33)32(23)14-26(2)15-35-16-26/h3,5-6,8-12H,4,7,14-16H2,1-2H3,(H2,29,30,31,34). The number of rotatable bonds is 5. The molecule has 2 aliphatic heterocycles. The Kier molecular flexibility index (Phi) is 6.03. The van der Waals surface area contributed by atoms with E-state index in [1.807, 2.05) is 25.1 Å². The number of aromatic nitrogens is 3. The van der Waals surface area contributed by atoms with Crippen LogP contribution in [-0.2, 0) is 16.0 Å². The fourth-order valence-electron chi connectivity index (χ4n) is 4.34. The molecule has 4 heterocycles. The number of urea groups is 1. The number of carbonyl (C=O) groups excluding carboxylic acids is 2. The molecule has 2 amide bonds. The van der Waals surface area contributed by atoms with Crippen LogP contribution in [0.3, 0.4) is 0 Å². The van der Waals surface area contributed by atoms with Gasteiger partial charge in [0.05, 0.1) is 43.2 Å². The maximum atomic E-state index is 12.4. The highest BCUT2D eigenvalue weighted by Gasteiger charge is 2.37. The van der Waals surface area contributed by atoms with Gasteiger partial charge in [0.25, 0.3) is 0 Å². The van der Waals surface area contributed by atoms with Crippen molar-refractivity contribution in [2.45, 2.75) is 26.7 Å². The first kappa shape index (κ1) is 22.7. The zero-order chi connectivity index (χ0) is 24.4. The molecule has 2 aromatic heterocycles. The first-order valence-electron chi connectivity index (χ1n) is 11.5. The predicted molar refractivity (Wildman–Crippen MR) is 133 cm³/mol. The van der Waals surface area contributed by atoms with Gasteiger partial charge in [-0.25, -0.2) is 14.6 Å². The van der Waals surface area contributed by atoms with Gasteiger partial charge in [0.2, 0.25) is 0 Å². The van der Waals surface area contributed by atoms with Crippen LogP contribution in [0.4, 0.5) is 22.0 Å². The lowest BCUT2D eigenvalue weighted by molar-refractivity contribution is -0.0950. The third kappa shape index (κ3) is 4.91. The van der Waals surface area contributed by atoms with Crippen LogP contribution in [0.5, 0.6) is 0 Å². The Hall–Kier alpha value is -4.07. The van der Waals surface area contributed by atoms with Gasteiger partial charge in [0.1, 0.15) is 11.6 Å². The molecule has 0 aliphatic carbocycles. The first-order valence-corrected chi connectivity index (χ1v) is 11.5. The summed E-state index contributed by atoms with van der Waals surface area (Å²) in [5.41, 5.74) is 5.84. The first-order chi connectivity index (χ1) is 16.9. The number of nitrogens with one attached hydrogen (secondary N) is 2. The molecule has 0 bridgehead atoms. The Morgan fingerprint density at radius 1 is 1.14 bits per heavy atom. The topological polar surface area (TPSA) is 109 Å². The van der Waals surface area contributed by atoms with E-state index in [-0.39, 0.29) is 5.41 Å². The Labute approximate surface area is 203 Å². The van der Waals surface area contributed by atoms with Crippen LogP contribution in [0.25, 0.3) is 11.3 Å². The number of hydrogen-bond donors (Lipinski definition) is 2. The fourth-order valence-corrected chi connectivity index (χ4v) is 4.34. The van der Waals surface area contributed by atoms with Crippen molar-refractivity contribution in [3.8, 4) is 11.3 Å². The van der Waals surface area contributed by atoms with Crippen molar-refractivity contribution in [1.82, 2.24) is 15.0 Å². The largest absolute Gasteiger partial charge is 0.380 e. The fraction of sp³-hybridized carbons (Fsp3) is 0.308. The van der Waals surface area contributed by atoms with E-state index in [1.165, 1.54) is 6.20 Å². The summed E-state index contributed by atoms with van der Waals surface area (Å²) in [4.78, 5) is 39.1. The van der Waals surface area contributed by atoms with E-state index in [0.29, 0.717) is 42.5 Å². The van der Waals surface area contributed by atoms with E-state index in [4.69, 9.17) is 4.74 Å². The molecular formula is C26H26N6O3. The summed E-state index contributed by atoms with van der Waals surface area (Å²) in [5.74, 6) is 2.47. The predicted octanol–water partition coefficient (Wildman–Crippen LogP) is 4.00. The van der Waals surface area contributed by atoms with Crippen LogP contribution < -0.4 is 15.5 Å². The number of fused-ring (bicyclic) bond motifs is 1. The van der Waals surface area contributed by atoms with Crippen molar-refractivity contribution in [3.05, 3.63) is 65.9 Å². The highest BCUT2D eigenvalue weighted by atomic mass is 16.5. The maximum Gasteiger partial charge on any atom is 0.324 e. The van der Waals surface area contributed by atoms with Crippen LogP contribution in [-0.4, -0.2) is 46.7 Å². The number of anilines is 3. The molecule has 0 saturated carbocycles. The van der Waals surface area contributed by atoms with Gasteiger partial charge in [-0.05, 0) is 43.2 Å². The number of benzene rings is 1. The SMILES string of the molecule is Cc1ccc(NC(=O)Nc2cncc(-c3ccc4c(c3)CCC(=C=O)N4CC3(C)COC3)n2)cn1. The van der Waals surface area contributed by atoms with Crippen molar-refractivity contribution in [3.63, 3.8) is 0 Å². The minimum absolute atomic E-state index is 0.0239. The van der Waals surface area contributed by atoms with Crippen LogP contribution in [0, 0.1) is 12.3 Å². The Morgan fingerprint density at radius 2 is 2.00 bits per heavy atom. The van der Waals surface area contributed by atoms with Crippen molar-refractivity contribution < 1.29 is 14.3 Å². The molecule has 5 rings (SSSR count). The number of allylic oxidation sites excluding steroid dienone is 1. The van der Waals surface area contributed by atoms with Gasteiger partial charge in [0.15, 0.2) is 5.82 Å². The lowest BCUT2D eigenvalue weighted by atomic mass is 9.86. The van der Waals surface area contributed by atoms with E-state index in [2.05, 4.69) is 49.4 Å². The zero-order valence-corrected chi connectivity index (χ0v) is 19.7. The molecule has 1 saturated heterocycles. The zero-order valence-electron chi connectivity index (χ0n) is 19.7. The highest BCUT2D eigenvalue weighted by molar-refractivity contribution is 5.99. The molecule has 178 valence electrons. The van der Waals surface area contributed by atoms with Crippen molar-refractivity contribution >= 4 is 29.2 Å². The average molecular weight is 471 g/mol. The number of carbonyl (C=O) groups is 1. The van der Waals surface area contributed by atoms with Gasteiger partial charge >= 0.3 is 6.03 Å². The molecule has 1 fully saturated rings. The number of amides is 2. The number of ether oxygens (including phenoxy) is 1. The van der Waals surface area contributed by atoms with Crippen LogP contribution in [0.15, 0.2) is 54.6 Å². The molecule has 3 aromatic rings. The number of pyridine rings is 1. The molecule has 2 N–H and O–H groups in total. The molecule has 0 radical (unpaired) electrons. The number of hydrogen-bond acceptors (Lipinski definition) is 7. The molecule has 2 aliphatic rings. The smallest absolute Gasteiger partial charge is 0.324 e. The third-order valence-corrected chi connectivity index (χ3v) is 6.23. The number of nitrogens with zero attached hydrogens (tertiary/aromatic N) is 4. The summed E-state index contributed by atoms with van der Waals surface area (Å²) in [6, 6.07) is 9.24. The molecule has 1 aromatic carbocycles. The summed E-state index contributed by atoms with van der Waals surface area (Å²) < 4.78 is 5.40. The second-order valence-electron chi connectivity index (χ2n) is 9.34. The normalized spacial score (nSPS) is 16.1. The summed E-state index contributed by atoms with van der Waals surface area (Å²) in [6.07, 6.45) is 6.14. The van der Waals surface area contributed by atoms with Gasteiger partial charge in [-0.3, -0.25) is 15.3 Å². The van der Waals surface area contributed by atoms with Gasteiger partial charge in [0, 0.05) is 35.3 Å². The van der Waals surface area contributed by atoms with Gasteiger partial charge in [-0.1, -0.05) is 13.0 Å². The van der Waals surface area contributed by atoms with E-state index >= 15 is 0 Å².